The molecule has 0 radical (unpaired) electrons. The van der Waals surface area contributed by atoms with Crippen molar-refractivity contribution in [3.8, 4) is 0 Å². The highest BCUT2D eigenvalue weighted by atomic mass is 28.4. The number of nitrogens with one attached hydrogen (secondary N) is 2. The van der Waals surface area contributed by atoms with Gasteiger partial charge in [0, 0.05) is 20.4 Å². The molecular formula is C23H37N3O6Si. The highest BCUT2D eigenvalue weighted by molar-refractivity contribution is 6.74. The van der Waals surface area contributed by atoms with E-state index in [1.54, 1.807) is 0 Å². The molecule has 0 aromatic heterocycles. The molecule has 2 N–H and O–H groups in total. The summed E-state index contributed by atoms with van der Waals surface area (Å²) in [6.07, 6.45) is -2.61. The Kier molecular flexibility index (Phi) is 7.98. The van der Waals surface area contributed by atoms with Gasteiger partial charge in [0.25, 0.3) is 0 Å². The van der Waals surface area contributed by atoms with Crippen molar-refractivity contribution in [2.75, 3.05) is 6.61 Å². The lowest BCUT2D eigenvalue weighted by atomic mass is 9.96. The number of rotatable bonds is 7. The highest BCUT2D eigenvalue weighted by Gasteiger charge is 2.54. The summed E-state index contributed by atoms with van der Waals surface area (Å²) in [6.45, 7) is 14.3. The number of fused-ring (bicyclic) bond motifs is 1. The fourth-order valence-electron chi connectivity index (χ4n) is 3.78. The molecule has 2 aliphatic rings. The van der Waals surface area contributed by atoms with Crippen LogP contribution in [0.2, 0.25) is 18.1 Å². The highest BCUT2D eigenvalue weighted by Crippen LogP contribution is 2.38. The van der Waals surface area contributed by atoms with Crippen LogP contribution >= 0.6 is 0 Å². The quantitative estimate of drug-likeness (QED) is 0.451. The van der Waals surface area contributed by atoms with Gasteiger partial charge in [0.1, 0.15) is 18.4 Å². The van der Waals surface area contributed by atoms with Crippen molar-refractivity contribution in [2.24, 2.45) is 0 Å². The maximum Gasteiger partial charge on any atom is 0.303 e. The number of carbonyl (C=O) groups is 2. The molecule has 0 saturated carbocycles. The molecule has 0 spiro atoms. The van der Waals surface area contributed by atoms with Crippen molar-refractivity contribution < 1.29 is 28.2 Å². The van der Waals surface area contributed by atoms with Crippen LogP contribution in [0.15, 0.2) is 30.3 Å². The SMILES string of the molecule is CC(=O)O[C@@H]1[C@H]2NNN(Cc3ccccc3)[C@H]2O[C@H](CO[Si](C)(C)C(C)(C)C)[C@H]1OC(C)=O. The minimum absolute atomic E-state index is 0.00618. The van der Waals surface area contributed by atoms with E-state index in [0.29, 0.717) is 6.54 Å². The van der Waals surface area contributed by atoms with Gasteiger partial charge in [-0.2, -0.15) is 10.5 Å². The average Bonchev–Trinajstić information content (AvgIpc) is 3.10. The summed E-state index contributed by atoms with van der Waals surface area (Å²) in [6, 6.07) is 9.54. The minimum atomic E-state index is -2.10. The van der Waals surface area contributed by atoms with Crippen molar-refractivity contribution in [1.82, 2.24) is 16.0 Å². The van der Waals surface area contributed by atoms with E-state index in [2.05, 4.69) is 44.8 Å². The Labute approximate surface area is 197 Å². The number of carbonyl (C=O) groups excluding carboxylic acids is 2. The van der Waals surface area contributed by atoms with Gasteiger partial charge in [-0.05, 0) is 23.7 Å². The third-order valence-corrected chi connectivity index (χ3v) is 11.1. The van der Waals surface area contributed by atoms with E-state index >= 15 is 0 Å². The van der Waals surface area contributed by atoms with Crippen LogP contribution in [0.3, 0.4) is 0 Å². The Balaban J connectivity index is 1.86. The standard InChI is InChI=1S/C23H37N3O6Si/c1-15(27)30-20-18(14-29-33(6,7)23(3,4)5)32-22-19(21(20)31-16(2)28)24-25-26(22)13-17-11-9-8-10-12-17/h8-12,18-22,24-25H,13-14H2,1-7H3/t18-,19-,20-,21-,22+/m1/s1. The van der Waals surface area contributed by atoms with Crippen molar-refractivity contribution in [3.05, 3.63) is 35.9 Å². The molecule has 0 unspecified atom stereocenters. The number of nitrogens with zero attached hydrogens (tertiary/aromatic N) is 1. The summed E-state index contributed by atoms with van der Waals surface area (Å²) in [5.74, 6) is -0.922. The first kappa shape index (κ1) is 25.8. The van der Waals surface area contributed by atoms with E-state index in [9.17, 15) is 9.59 Å². The largest absolute Gasteiger partial charge is 0.457 e. The predicted molar refractivity (Wildman–Crippen MR) is 125 cm³/mol. The van der Waals surface area contributed by atoms with Crippen LogP contribution < -0.4 is 11.0 Å². The Morgan fingerprint density at radius 1 is 1.06 bits per heavy atom. The van der Waals surface area contributed by atoms with Crippen molar-refractivity contribution >= 4 is 20.3 Å². The van der Waals surface area contributed by atoms with Crippen LogP contribution in [-0.2, 0) is 34.8 Å². The van der Waals surface area contributed by atoms with Crippen molar-refractivity contribution in [3.63, 3.8) is 0 Å². The van der Waals surface area contributed by atoms with Gasteiger partial charge in [0.15, 0.2) is 20.5 Å². The number of hydrogen-bond donors (Lipinski definition) is 2. The zero-order valence-electron chi connectivity index (χ0n) is 20.6. The van der Waals surface area contributed by atoms with Crippen LogP contribution in [-0.4, -0.2) is 62.5 Å². The van der Waals surface area contributed by atoms with E-state index in [-0.39, 0.29) is 11.6 Å². The molecule has 0 aliphatic carbocycles. The third-order valence-electron chi connectivity index (χ3n) is 6.56. The molecule has 33 heavy (non-hydrogen) atoms. The Morgan fingerprint density at radius 3 is 2.24 bits per heavy atom. The molecule has 2 saturated heterocycles. The van der Waals surface area contributed by atoms with Crippen molar-refractivity contribution in [2.45, 2.75) is 89.9 Å². The molecule has 0 amide bonds. The Morgan fingerprint density at radius 2 is 1.67 bits per heavy atom. The first-order chi connectivity index (χ1) is 15.4. The first-order valence-corrected chi connectivity index (χ1v) is 14.3. The maximum atomic E-state index is 12.0. The van der Waals surface area contributed by atoms with Gasteiger partial charge >= 0.3 is 11.9 Å². The lowest BCUT2D eigenvalue weighted by Gasteiger charge is -2.45. The zero-order chi connectivity index (χ0) is 24.4. The third kappa shape index (κ3) is 6.20. The van der Waals surface area contributed by atoms with Gasteiger partial charge in [0.2, 0.25) is 0 Å². The van der Waals surface area contributed by atoms with E-state index < -0.39 is 50.8 Å². The molecule has 1 aromatic rings. The molecule has 10 heteroatoms. The summed E-state index contributed by atoms with van der Waals surface area (Å²) in [7, 11) is -2.10. The fraction of sp³-hybridized carbons (Fsp3) is 0.652. The van der Waals surface area contributed by atoms with Gasteiger partial charge < -0.3 is 18.6 Å². The first-order valence-electron chi connectivity index (χ1n) is 11.3. The normalized spacial score (nSPS) is 28.3. The van der Waals surface area contributed by atoms with E-state index in [1.807, 2.05) is 35.3 Å². The van der Waals surface area contributed by atoms with Crippen molar-refractivity contribution in [1.29, 1.82) is 0 Å². The van der Waals surface area contributed by atoms with E-state index in [1.165, 1.54) is 13.8 Å². The number of benzene rings is 1. The second-order valence-corrected chi connectivity index (χ2v) is 15.0. The maximum absolute atomic E-state index is 12.0. The lowest BCUT2D eigenvalue weighted by Crippen LogP contribution is -2.64. The number of hydrogen-bond acceptors (Lipinski definition) is 9. The Hall–Kier alpha value is -1.82. The van der Waals surface area contributed by atoms with Crippen LogP contribution in [0, 0.1) is 0 Å². The predicted octanol–water partition coefficient (Wildman–Crippen LogP) is 2.49. The second kappa shape index (κ2) is 10.2. The molecule has 5 atom stereocenters. The Bertz CT molecular complexity index is 831. The molecule has 2 fully saturated rings. The molecule has 2 heterocycles. The van der Waals surface area contributed by atoms with Gasteiger partial charge in [-0.15, -0.1) is 0 Å². The van der Waals surface area contributed by atoms with Gasteiger partial charge in [-0.3, -0.25) is 9.59 Å². The molecule has 0 bridgehead atoms. The monoisotopic (exact) mass is 479 g/mol. The average molecular weight is 480 g/mol. The summed E-state index contributed by atoms with van der Waals surface area (Å²) in [5, 5.41) is 1.92. The van der Waals surface area contributed by atoms with Crippen LogP contribution in [0.4, 0.5) is 0 Å². The van der Waals surface area contributed by atoms with Crippen LogP contribution in [0.5, 0.6) is 0 Å². The van der Waals surface area contributed by atoms with Gasteiger partial charge in [0.05, 0.1) is 6.61 Å². The summed E-state index contributed by atoms with van der Waals surface area (Å²) >= 11 is 0. The lowest BCUT2D eigenvalue weighted by molar-refractivity contribution is -0.233. The number of ether oxygens (including phenoxy) is 3. The summed E-state index contributed by atoms with van der Waals surface area (Å²) in [4.78, 5) is 23.9. The summed E-state index contributed by atoms with van der Waals surface area (Å²) in [5.41, 5.74) is 7.38. The van der Waals surface area contributed by atoms with Gasteiger partial charge in [-0.25, -0.2) is 5.43 Å². The molecule has 2 aliphatic heterocycles. The van der Waals surface area contributed by atoms with Crippen LogP contribution in [0.25, 0.3) is 0 Å². The molecule has 9 nitrogen and oxygen atoms in total. The smallest absolute Gasteiger partial charge is 0.303 e. The zero-order valence-corrected chi connectivity index (χ0v) is 21.6. The molecule has 3 rings (SSSR count). The molecular weight excluding hydrogens is 442 g/mol. The number of esters is 2. The molecule has 184 valence electrons. The van der Waals surface area contributed by atoms with Crippen LogP contribution in [0.1, 0.15) is 40.2 Å². The van der Waals surface area contributed by atoms with E-state index in [0.717, 1.165) is 5.56 Å². The van der Waals surface area contributed by atoms with E-state index in [4.69, 9.17) is 18.6 Å². The van der Waals surface area contributed by atoms with Gasteiger partial charge in [-0.1, -0.05) is 51.1 Å². The topological polar surface area (TPSA) is 98.4 Å². The number of hydrazine groups is 2. The molecule has 1 aromatic carbocycles. The minimum Gasteiger partial charge on any atom is -0.457 e. The second-order valence-electron chi connectivity index (χ2n) is 10.2. The fourth-order valence-corrected chi connectivity index (χ4v) is 4.79. The summed E-state index contributed by atoms with van der Waals surface area (Å²) < 4.78 is 24.2.